The SMILES string of the molecule is NC(=O)Cc1ccc(C=O)cc1. The molecule has 0 unspecified atom stereocenters. The van der Waals surface area contributed by atoms with Crippen molar-refractivity contribution < 1.29 is 9.59 Å². The van der Waals surface area contributed by atoms with Gasteiger partial charge < -0.3 is 5.73 Å². The van der Waals surface area contributed by atoms with E-state index in [-0.39, 0.29) is 12.3 Å². The quantitative estimate of drug-likeness (QED) is 0.660. The van der Waals surface area contributed by atoms with E-state index >= 15 is 0 Å². The van der Waals surface area contributed by atoms with Gasteiger partial charge in [-0.2, -0.15) is 0 Å². The van der Waals surface area contributed by atoms with Crippen molar-refractivity contribution in [2.75, 3.05) is 0 Å². The highest BCUT2D eigenvalue weighted by atomic mass is 16.1. The number of nitrogens with two attached hydrogens (primary N) is 1. The molecular weight excluding hydrogens is 154 g/mol. The third-order valence-corrected chi connectivity index (χ3v) is 1.49. The lowest BCUT2D eigenvalue weighted by Crippen LogP contribution is -2.13. The highest BCUT2D eigenvalue weighted by molar-refractivity contribution is 5.78. The summed E-state index contributed by atoms with van der Waals surface area (Å²) in [6.07, 6.45) is 0.979. The molecule has 1 amide bonds. The molecule has 0 aromatic heterocycles. The molecule has 0 saturated heterocycles. The summed E-state index contributed by atoms with van der Waals surface area (Å²) in [5.74, 6) is -0.367. The maximum Gasteiger partial charge on any atom is 0.221 e. The summed E-state index contributed by atoms with van der Waals surface area (Å²) in [4.78, 5) is 20.7. The van der Waals surface area contributed by atoms with Crippen LogP contribution in [0.4, 0.5) is 0 Å². The van der Waals surface area contributed by atoms with E-state index in [1.165, 1.54) is 0 Å². The lowest BCUT2D eigenvalue weighted by molar-refractivity contribution is -0.117. The van der Waals surface area contributed by atoms with Crippen LogP contribution >= 0.6 is 0 Å². The number of carbonyl (C=O) groups is 2. The van der Waals surface area contributed by atoms with Gasteiger partial charge >= 0.3 is 0 Å². The van der Waals surface area contributed by atoms with E-state index in [2.05, 4.69) is 0 Å². The molecule has 1 aromatic rings. The molecule has 2 N–H and O–H groups in total. The van der Waals surface area contributed by atoms with Gasteiger partial charge in [-0.15, -0.1) is 0 Å². The van der Waals surface area contributed by atoms with Crippen molar-refractivity contribution in [1.29, 1.82) is 0 Å². The number of primary amides is 1. The second-order valence-corrected chi connectivity index (χ2v) is 2.50. The third-order valence-electron chi connectivity index (χ3n) is 1.49. The molecule has 12 heavy (non-hydrogen) atoms. The van der Waals surface area contributed by atoms with Crippen LogP contribution in [-0.2, 0) is 11.2 Å². The molecule has 0 atom stereocenters. The number of aldehydes is 1. The Morgan fingerprint density at radius 1 is 1.33 bits per heavy atom. The average molecular weight is 163 g/mol. The van der Waals surface area contributed by atoms with Crippen LogP contribution in [0.5, 0.6) is 0 Å². The maximum absolute atomic E-state index is 10.5. The van der Waals surface area contributed by atoms with Crippen molar-refractivity contribution in [3.63, 3.8) is 0 Å². The number of carbonyl (C=O) groups excluding carboxylic acids is 2. The summed E-state index contributed by atoms with van der Waals surface area (Å²) in [6, 6.07) is 6.75. The summed E-state index contributed by atoms with van der Waals surface area (Å²) >= 11 is 0. The van der Waals surface area contributed by atoms with E-state index < -0.39 is 0 Å². The smallest absolute Gasteiger partial charge is 0.221 e. The van der Waals surface area contributed by atoms with Crippen LogP contribution in [-0.4, -0.2) is 12.2 Å². The monoisotopic (exact) mass is 163 g/mol. The van der Waals surface area contributed by atoms with E-state index in [1.807, 2.05) is 0 Å². The molecule has 0 aliphatic carbocycles. The van der Waals surface area contributed by atoms with Gasteiger partial charge in [0, 0.05) is 5.56 Å². The summed E-state index contributed by atoms with van der Waals surface area (Å²) in [6.45, 7) is 0. The Labute approximate surface area is 70.2 Å². The lowest BCUT2D eigenvalue weighted by Gasteiger charge is -1.96. The minimum Gasteiger partial charge on any atom is -0.369 e. The molecule has 3 heteroatoms. The van der Waals surface area contributed by atoms with E-state index in [0.29, 0.717) is 5.56 Å². The molecule has 0 heterocycles. The first kappa shape index (κ1) is 8.46. The van der Waals surface area contributed by atoms with Crippen molar-refractivity contribution in [3.8, 4) is 0 Å². The van der Waals surface area contributed by atoms with Crippen LogP contribution in [0.25, 0.3) is 0 Å². The van der Waals surface area contributed by atoms with Gasteiger partial charge in [0.15, 0.2) is 0 Å². The van der Waals surface area contributed by atoms with E-state index in [9.17, 15) is 9.59 Å². The summed E-state index contributed by atoms with van der Waals surface area (Å²) < 4.78 is 0. The Bertz CT molecular complexity index is 290. The first-order valence-electron chi connectivity index (χ1n) is 3.55. The molecule has 62 valence electrons. The molecular formula is C9H9NO2. The van der Waals surface area contributed by atoms with Crippen molar-refractivity contribution in [2.45, 2.75) is 6.42 Å². The van der Waals surface area contributed by atoms with Gasteiger partial charge in [-0.25, -0.2) is 0 Å². The Morgan fingerprint density at radius 3 is 2.33 bits per heavy atom. The van der Waals surface area contributed by atoms with Crippen molar-refractivity contribution >= 4 is 12.2 Å². The highest BCUT2D eigenvalue weighted by Crippen LogP contribution is 2.02. The zero-order valence-electron chi connectivity index (χ0n) is 6.49. The number of benzene rings is 1. The van der Waals surface area contributed by atoms with Crippen molar-refractivity contribution in [3.05, 3.63) is 35.4 Å². The fourth-order valence-electron chi connectivity index (χ4n) is 0.915. The molecule has 1 rings (SSSR count). The minimum atomic E-state index is -0.367. The van der Waals surface area contributed by atoms with Gasteiger partial charge in [0.2, 0.25) is 5.91 Å². The Balaban J connectivity index is 2.77. The first-order chi connectivity index (χ1) is 5.72. The lowest BCUT2D eigenvalue weighted by atomic mass is 10.1. The van der Waals surface area contributed by atoms with E-state index in [1.54, 1.807) is 24.3 Å². The standard InChI is InChI=1S/C9H9NO2/c10-9(12)5-7-1-3-8(6-11)4-2-7/h1-4,6H,5H2,(H2,10,12). The van der Waals surface area contributed by atoms with E-state index in [4.69, 9.17) is 5.73 Å². The number of hydrogen-bond acceptors (Lipinski definition) is 2. The zero-order valence-corrected chi connectivity index (χ0v) is 6.49. The van der Waals surface area contributed by atoms with Gasteiger partial charge in [-0.05, 0) is 5.56 Å². The maximum atomic E-state index is 10.5. The largest absolute Gasteiger partial charge is 0.369 e. The van der Waals surface area contributed by atoms with Crippen LogP contribution in [0.1, 0.15) is 15.9 Å². The summed E-state index contributed by atoms with van der Waals surface area (Å²) in [5, 5.41) is 0. The Morgan fingerprint density at radius 2 is 1.92 bits per heavy atom. The molecule has 0 fully saturated rings. The van der Waals surface area contributed by atoms with Gasteiger partial charge in [0.05, 0.1) is 6.42 Å². The van der Waals surface area contributed by atoms with Gasteiger partial charge in [0.25, 0.3) is 0 Å². The van der Waals surface area contributed by atoms with Crippen LogP contribution in [0.15, 0.2) is 24.3 Å². The molecule has 0 spiro atoms. The number of hydrogen-bond donors (Lipinski definition) is 1. The molecule has 0 aliphatic rings. The predicted octanol–water partition coefficient (Wildman–Crippen LogP) is 0.527. The first-order valence-corrected chi connectivity index (χ1v) is 3.55. The van der Waals surface area contributed by atoms with Gasteiger partial charge in [0.1, 0.15) is 6.29 Å². The van der Waals surface area contributed by atoms with Crippen LogP contribution in [0.2, 0.25) is 0 Å². The second kappa shape index (κ2) is 3.67. The molecule has 0 radical (unpaired) electrons. The van der Waals surface area contributed by atoms with Crippen LogP contribution < -0.4 is 5.73 Å². The Hall–Kier alpha value is -1.64. The molecule has 3 nitrogen and oxygen atoms in total. The predicted molar refractivity (Wildman–Crippen MR) is 44.7 cm³/mol. The summed E-state index contributed by atoms with van der Waals surface area (Å²) in [7, 11) is 0. The fraction of sp³-hybridized carbons (Fsp3) is 0.111. The summed E-state index contributed by atoms with van der Waals surface area (Å²) in [5.41, 5.74) is 6.41. The fourth-order valence-corrected chi connectivity index (χ4v) is 0.915. The number of amides is 1. The highest BCUT2D eigenvalue weighted by Gasteiger charge is 1.97. The van der Waals surface area contributed by atoms with E-state index in [0.717, 1.165) is 11.8 Å². The zero-order chi connectivity index (χ0) is 8.97. The molecule has 0 saturated carbocycles. The Kier molecular flexibility index (Phi) is 2.58. The molecule has 0 aliphatic heterocycles. The van der Waals surface area contributed by atoms with Crippen molar-refractivity contribution in [2.24, 2.45) is 5.73 Å². The minimum absolute atomic E-state index is 0.221. The van der Waals surface area contributed by atoms with Gasteiger partial charge in [-0.3, -0.25) is 9.59 Å². The molecule has 1 aromatic carbocycles. The second-order valence-electron chi connectivity index (χ2n) is 2.50. The number of rotatable bonds is 3. The van der Waals surface area contributed by atoms with Crippen LogP contribution in [0.3, 0.4) is 0 Å². The van der Waals surface area contributed by atoms with Crippen molar-refractivity contribution in [1.82, 2.24) is 0 Å². The third kappa shape index (κ3) is 2.20. The topological polar surface area (TPSA) is 60.2 Å². The molecule has 0 bridgehead atoms. The normalized spacial score (nSPS) is 9.33. The van der Waals surface area contributed by atoms with Crippen LogP contribution in [0, 0.1) is 0 Å². The average Bonchev–Trinajstić information content (AvgIpc) is 2.05. The van der Waals surface area contributed by atoms with Gasteiger partial charge in [-0.1, -0.05) is 24.3 Å².